The SMILES string of the molecule is Fc1cccc(C(F)(F)F)c1-c1c(Cl)cc(Cl)cc1Cl. The van der Waals surface area contributed by atoms with Crippen molar-refractivity contribution in [3.8, 4) is 11.1 Å². The summed E-state index contributed by atoms with van der Waals surface area (Å²) < 4.78 is 52.8. The molecule has 0 aliphatic carbocycles. The zero-order valence-electron chi connectivity index (χ0n) is 9.53. The average molecular weight is 344 g/mol. The Kier molecular flexibility index (Phi) is 4.19. The first kappa shape index (κ1) is 15.4. The van der Waals surface area contributed by atoms with Crippen LogP contribution in [0.1, 0.15) is 5.56 Å². The first-order valence-electron chi connectivity index (χ1n) is 5.22. The summed E-state index contributed by atoms with van der Waals surface area (Å²) in [6, 6.07) is 5.05. The molecule has 0 bridgehead atoms. The summed E-state index contributed by atoms with van der Waals surface area (Å²) in [6.07, 6.45) is -4.73. The van der Waals surface area contributed by atoms with E-state index in [0.29, 0.717) is 0 Å². The highest BCUT2D eigenvalue weighted by atomic mass is 35.5. The monoisotopic (exact) mass is 342 g/mol. The number of hydrogen-bond acceptors (Lipinski definition) is 0. The minimum atomic E-state index is -4.73. The van der Waals surface area contributed by atoms with Gasteiger partial charge in [0.05, 0.1) is 15.6 Å². The molecule has 0 amide bonds. The number of rotatable bonds is 1. The molecule has 0 atom stereocenters. The van der Waals surface area contributed by atoms with Gasteiger partial charge in [-0.2, -0.15) is 13.2 Å². The van der Waals surface area contributed by atoms with Gasteiger partial charge in [0.2, 0.25) is 0 Å². The predicted molar refractivity (Wildman–Crippen MR) is 71.9 cm³/mol. The van der Waals surface area contributed by atoms with Crippen molar-refractivity contribution in [2.75, 3.05) is 0 Å². The van der Waals surface area contributed by atoms with Crippen LogP contribution in [0, 0.1) is 5.82 Å². The molecular formula is C13H5Cl3F4. The van der Waals surface area contributed by atoms with Gasteiger partial charge in [-0.05, 0) is 24.3 Å². The zero-order valence-corrected chi connectivity index (χ0v) is 11.8. The maximum Gasteiger partial charge on any atom is 0.417 e. The van der Waals surface area contributed by atoms with Crippen LogP contribution in [0.4, 0.5) is 17.6 Å². The first-order valence-corrected chi connectivity index (χ1v) is 6.36. The predicted octanol–water partition coefficient (Wildman–Crippen LogP) is 6.47. The van der Waals surface area contributed by atoms with Gasteiger partial charge in [-0.3, -0.25) is 0 Å². The molecule has 0 N–H and O–H groups in total. The van der Waals surface area contributed by atoms with Crippen LogP contribution in [0.15, 0.2) is 30.3 Å². The highest BCUT2D eigenvalue weighted by Crippen LogP contribution is 2.44. The van der Waals surface area contributed by atoms with Crippen molar-refractivity contribution in [3.63, 3.8) is 0 Å². The van der Waals surface area contributed by atoms with Gasteiger partial charge in [0.15, 0.2) is 0 Å². The van der Waals surface area contributed by atoms with E-state index in [4.69, 9.17) is 34.8 Å². The second kappa shape index (κ2) is 5.43. The van der Waals surface area contributed by atoms with E-state index in [1.165, 1.54) is 12.1 Å². The molecule has 2 rings (SSSR count). The number of alkyl halides is 3. The summed E-state index contributed by atoms with van der Waals surface area (Å²) >= 11 is 17.4. The molecule has 0 saturated carbocycles. The molecule has 0 spiro atoms. The van der Waals surface area contributed by atoms with E-state index in [1.54, 1.807) is 0 Å². The molecule has 0 unspecified atom stereocenters. The summed E-state index contributed by atoms with van der Waals surface area (Å²) in [5.41, 5.74) is -2.07. The first-order chi connectivity index (χ1) is 9.21. The van der Waals surface area contributed by atoms with Gasteiger partial charge >= 0.3 is 6.18 Å². The summed E-state index contributed by atoms with van der Waals surface area (Å²) in [7, 11) is 0. The van der Waals surface area contributed by atoms with Crippen molar-refractivity contribution in [3.05, 3.63) is 56.8 Å². The van der Waals surface area contributed by atoms with Crippen molar-refractivity contribution in [1.82, 2.24) is 0 Å². The molecular weight excluding hydrogens is 338 g/mol. The van der Waals surface area contributed by atoms with Crippen LogP contribution in [0.3, 0.4) is 0 Å². The minimum absolute atomic E-state index is 0.147. The topological polar surface area (TPSA) is 0 Å². The third kappa shape index (κ3) is 2.87. The Balaban J connectivity index is 2.83. The van der Waals surface area contributed by atoms with Gasteiger partial charge in [-0.25, -0.2) is 4.39 Å². The molecule has 7 heteroatoms. The number of benzene rings is 2. The van der Waals surface area contributed by atoms with Crippen LogP contribution in [-0.2, 0) is 6.18 Å². The molecule has 2 aromatic carbocycles. The Morgan fingerprint density at radius 1 is 0.850 bits per heavy atom. The van der Waals surface area contributed by atoms with Crippen molar-refractivity contribution in [2.24, 2.45) is 0 Å². The van der Waals surface area contributed by atoms with Gasteiger partial charge in [-0.15, -0.1) is 0 Å². The van der Waals surface area contributed by atoms with Gasteiger partial charge in [0, 0.05) is 16.1 Å². The van der Waals surface area contributed by atoms with E-state index in [-0.39, 0.29) is 20.6 Å². The molecule has 20 heavy (non-hydrogen) atoms. The van der Waals surface area contributed by atoms with Crippen LogP contribution in [0.2, 0.25) is 15.1 Å². The smallest absolute Gasteiger partial charge is 0.206 e. The largest absolute Gasteiger partial charge is 0.417 e. The average Bonchev–Trinajstić information content (AvgIpc) is 2.28. The molecule has 0 aliphatic rings. The summed E-state index contributed by atoms with van der Waals surface area (Å²) in [4.78, 5) is 0. The Morgan fingerprint density at radius 2 is 1.40 bits per heavy atom. The lowest BCUT2D eigenvalue weighted by molar-refractivity contribution is -0.137. The zero-order chi connectivity index (χ0) is 15.1. The molecule has 0 nitrogen and oxygen atoms in total. The fraction of sp³-hybridized carbons (Fsp3) is 0.0769. The number of halogens is 7. The molecule has 106 valence electrons. The van der Waals surface area contributed by atoms with Crippen LogP contribution < -0.4 is 0 Å². The summed E-state index contributed by atoms with van der Waals surface area (Å²) in [5.74, 6) is -1.06. The van der Waals surface area contributed by atoms with E-state index < -0.39 is 23.1 Å². The third-order valence-electron chi connectivity index (χ3n) is 2.58. The lowest BCUT2D eigenvalue weighted by Gasteiger charge is -2.16. The van der Waals surface area contributed by atoms with Crippen molar-refractivity contribution < 1.29 is 17.6 Å². The highest BCUT2D eigenvalue weighted by Gasteiger charge is 2.36. The summed E-state index contributed by atoms with van der Waals surface area (Å²) in [6.45, 7) is 0. The standard InChI is InChI=1S/C13H5Cl3F4/c14-6-4-8(15)12(9(16)5-6)11-7(13(18,19)20)2-1-3-10(11)17/h1-5H. The summed E-state index contributed by atoms with van der Waals surface area (Å²) in [5, 5.41) is -0.162. The van der Waals surface area contributed by atoms with Gasteiger partial charge in [0.1, 0.15) is 5.82 Å². The molecule has 0 aromatic heterocycles. The highest BCUT2D eigenvalue weighted by molar-refractivity contribution is 6.41. The van der Waals surface area contributed by atoms with Crippen molar-refractivity contribution in [1.29, 1.82) is 0 Å². The van der Waals surface area contributed by atoms with Crippen LogP contribution >= 0.6 is 34.8 Å². The van der Waals surface area contributed by atoms with E-state index >= 15 is 0 Å². The van der Waals surface area contributed by atoms with E-state index in [0.717, 1.165) is 18.2 Å². The third-order valence-corrected chi connectivity index (χ3v) is 3.39. The van der Waals surface area contributed by atoms with E-state index in [2.05, 4.69) is 0 Å². The Bertz CT molecular complexity index is 642. The van der Waals surface area contributed by atoms with Gasteiger partial charge in [-0.1, -0.05) is 40.9 Å². The fourth-order valence-electron chi connectivity index (χ4n) is 1.80. The van der Waals surface area contributed by atoms with Crippen LogP contribution in [0.5, 0.6) is 0 Å². The second-order valence-corrected chi connectivity index (χ2v) is 5.16. The molecule has 0 aliphatic heterocycles. The lowest BCUT2D eigenvalue weighted by atomic mass is 9.98. The molecule has 2 aromatic rings. The Labute approximate surface area is 126 Å². The molecule has 0 fully saturated rings. The van der Waals surface area contributed by atoms with E-state index in [9.17, 15) is 17.6 Å². The normalized spacial score (nSPS) is 11.8. The lowest BCUT2D eigenvalue weighted by Crippen LogP contribution is -2.08. The minimum Gasteiger partial charge on any atom is -0.206 e. The molecule has 0 heterocycles. The van der Waals surface area contributed by atoms with Crippen LogP contribution in [0.25, 0.3) is 11.1 Å². The molecule has 0 saturated heterocycles. The van der Waals surface area contributed by atoms with Gasteiger partial charge < -0.3 is 0 Å². The Hall–Kier alpha value is -0.970. The van der Waals surface area contributed by atoms with Crippen LogP contribution in [-0.4, -0.2) is 0 Å². The molecule has 0 radical (unpaired) electrons. The van der Waals surface area contributed by atoms with Gasteiger partial charge in [0.25, 0.3) is 0 Å². The quantitative estimate of drug-likeness (QED) is 0.520. The fourth-order valence-corrected chi connectivity index (χ4v) is 2.80. The van der Waals surface area contributed by atoms with E-state index in [1.807, 2.05) is 0 Å². The van der Waals surface area contributed by atoms with Crippen molar-refractivity contribution >= 4 is 34.8 Å². The maximum atomic E-state index is 13.9. The van der Waals surface area contributed by atoms with Crippen molar-refractivity contribution in [2.45, 2.75) is 6.18 Å². The maximum absolute atomic E-state index is 13.9. The Morgan fingerprint density at radius 3 is 1.90 bits per heavy atom. The number of hydrogen-bond donors (Lipinski definition) is 0. The second-order valence-electron chi connectivity index (χ2n) is 3.90.